The summed E-state index contributed by atoms with van der Waals surface area (Å²) >= 11 is 3.07. The van der Waals surface area contributed by atoms with Gasteiger partial charge in [0.15, 0.2) is 5.13 Å². The Morgan fingerprint density at radius 1 is 1.52 bits per heavy atom. The van der Waals surface area contributed by atoms with Crippen molar-refractivity contribution in [1.29, 1.82) is 0 Å². The summed E-state index contributed by atoms with van der Waals surface area (Å²) in [5.74, 6) is 0.449. The number of carbonyl (C=O) groups excluding carboxylic acids is 1. The van der Waals surface area contributed by atoms with Crippen molar-refractivity contribution in [1.82, 2.24) is 10.3 Å². The highest BCUT2D eigenvalue weighted by atomic mass is 32.1. The first-order valence-electron chi connectivity index (χ1n) is 7.07. The van der Waals surface area contributed by atoms with Crippen molar-refractivity contribution in [2.75, 3.05) is 38.8 Å². The maximum atomic E-state index is 12.2. The van der Waals surface area contributed by atoms with Gasteiger partial charge in [-0.05, 0) is 24.8 Å². The van der Waals surface area contributed by atoms with E-state index >= 15 is 0 Å². The van der Waals surface area contributed by atoms with Crippen molar-refractivity contribution in [3.05, 3.63) is 10.9 Å². The Hall–Kier alpha value is -1.18. The van der Waals surface area contributed by atoms with Gasteiger partial charge in [0.05, 0.1) is 16.2 Å². The van der Waals surface area contributed by atoms with Crippen LogP contribution in [0.15, 0.2) is 6.07 Å². The molecule has 2 aromatic rings. The SMILES string of the molecule is CN(C)c1nc2sc(C(=O)NC[C@@H]3CCCOC3)cc2s1. The lowest BCUT2D eigenvalue weighted by Crippen LogP contribution is -2.32. The lowest BCUT2D eigenvalue weighted by atomic mass is 10.0. The minimum Gasteiger partial charge on any atom is -0.381 e. The Balaban J connectivity index is 1.62. The van der Waals surface area contributed by atoms with E-state index in [9.17, 15) is 4.79 Å². The number of nitrogens with zero attached hydrogens (tertiary/aromatic N) is 2. The number of nitrogens with one attached hydrogen (secondary N) is 1. The van der Waals surface area contributed by atoms with E-state index in [4.69, 9.17) is 4.74 Å². The highest BCUT2D eigenvalue weighted by Crippen LogP contribution is 2.33. The molecule has 0 unspecified atom stereocenters. The molecular weight excluding hydrogens is 306 g/mol. The van der Waals surface area contributed by atoms with Crippen LogP contribution < -0.4 is 10.2 Å². The molecule has 1 atom stereocenters. The molecular formula is C14H19N3O2S2. The van der Waals surface area contributed by atoms with Gasteiger partial charge in [0.2, 0.25) is 0 Å². The number of ether oxygens (including phenoxy) is 1. The Bertz CT molecular complexity index is 598. The largest absolute Gasteiger partial charge is 0.381 e. The molecule has 7 heteroatoms. The number of fused-ring (bicyclic) bond motifs is 1. The topological polar surface area (TPSA) is 54.5 Å². The molecule has 5 nitrogen and oxygen atoms in total. The second kappa shape index (κ2) is 6.29. The van der Waals surface area contributed by atoms with Crippen LogP contribution in [0.4, 0.5) is 5.13 Å². The van der Waals surface area contributed by atoms with Gasteiger partial charge < -0.3 is 15.0 Å². The third-order valence-corrected chi connectivity index (χ3v) is 5.82. The number of rotatable bonds is 4. The zero-order valence-electron chi connectivity index (χ0n) is 12.2. The molecule has 0 aromatic carbocycles. The van der Waals surface area contributed by atoms with Gasteiger partial charge in [0.1, 0.15) is 4.83 Å². The van der Waals surface area contributed by atoms with Crippen LogP contribution in [0.25, 0.3) is 9.53 Å². The summed E-state index contributed by atoms with van der Waals surface area (Å²) in [6, 6.07) is 1.94. The average Bonchev–Trinajstić information content (AvgIpc) is 3.04. The third-order valence-electron chi connectivity index (χ3n) is 3.49. The molecule has 1 amide bonds. The normalized spacial score (nSPS) is 18.9. The highest BCUT2D eigenvalue weighted by molar-refractivity contribution is 7.29. The van der Waals surface area contributed by atoms with Crippen molar-refractivity contribution in [3.63, 3.8) is 0 Å². The highest BCUT2D eigenvalue weighted by Gasteiger charge is 2.18. The summed E-state index contributed by atoms with van der Waals surface area (Å²) in [5.41, 5.74) is 0. The molecule has 0 saturated carbocycles. The number of thiazole rings is 1. The van der Waals surface area contributed by atoms with Gasteiger partial charge in [0, 0.05) is 27.2 Å². The van der Waals surface area contributed by atoms with Crippen LogP contribution in [-0.2, 0) is 4.74 Å². The van der Waals surface area contributed by atoms with Gasteiger partial charge in [0.25, 0.3) is 5.91 Å². The van der Waals surface area contributed by atoms with E-state index in [1.165, 1.54) is 11.3 Å². The quantitative estimate of drug-likeness (QED) is 0.939. The van der Waals surface area contributed by atoms with Crippen LogP contribution >= 0.6 is 22.7 Å². The van der Waals surface area contributed by atoms with Crippen molar-refractivity contribution < 1.29 is 9.53 Å². The smallest absolute Gasteiger partial charge is 0.261 e. The molecule has 3 heterocycles. The number of hydrogen-bond acceptors (Lipinski definition) is 6. The molecule has 1 N–H and O–H groups in total. The second-order valence-electron chi connectivity index (χ2n) is 5.46. The van der Waals surface area contributed by atoms with Crippen molar-refractivity contribution in [2.24, 2.45) is 5.92 Å². The number of amides is 1. The minimum absolute atomic E-state index is 0.00202. The molecule has 2 aromatic heterocycles. The van der Waals surface area contributed by atoms with Crippen LogP contribution in [0.5, 0.6) is 0 Å². The second-order valence-corrected chi connectivity index (χ2v) is 7.50. The van der Waals surface area contributed by atoms with Gasteiger partial charge in [-0.25, -0.2) is 4.98 Å². The van der Waals surface area contributed by atoms with Gasteiger partial charge in [-0.2, -0.15) is 0 Å². The predicted molar refractivity (Wildman–Crippen MR) is 87.7 cm³/mol. The van der Waals surface area contributed by atoms with E-state index in [1.54, 1.807) is 11.3 Å². The summed E-state index contributed by atoms with van der Waals surface area (Å²) < 4.78 is 6.51. The maximum Gasteiger partial charge on any atom is 0.261 e. The first kappa shape index (κ1) is 14.7. The fourth-order valence-corrected chi connectivity index (χ4v) is 4.37. The fourth-order valence-electron chi connectivity index (χ4n) is 2.32. The number of aromatic nitrogens is 1. The van der Waals surface area contributed by atoms with Gasteiger partial charge in [-0.15, -0.1) is 11.3 Å². The maximum absolute atomic E-state index is 12.2. The van der Waals surface area contributed by atoms with Crippen molar-refractivity contribution in [3.8, 4) is 0 Å². The summed E-state index contributed by atoms with van der Waals surface area (Å²) in [4.78, 5) is 20.4. The van der Waals surface area contributed by atoms with Gasteiger partial charge >= 0.3 is 0 Å². The molecule has 0 aliphatic carbocycles. The Labute approximate surface area is 131 Å². The van der Waals surface area contributed by atoms with Crippen LogP contribution in [0.1, 0.15) is 22.5 Å². The molecule has 1 fully saturated rings. The number of hydrogen-bond donors (Lipinski definition) is 1. The van der Waals surface area contributed by atoms with E-state index in [2.05, 4.69) is 10.3 Å². The summed E-state index contributed by atoms with van der Waals surface area (Å²) in [7, 11) is 3.95. The average molecular weight is 325 g/mol. The number of anilines is 1. The summed E-state index contributed by atoms with van der Waals surface area (Å²) in [6.07, 6.45) is 2.22. The standard InChI is InChI=1S/C14H19N3O2S2/c1-17(2)14-16-13-11(21-14)6-10(20-13)12(18)15-7-9-4-3-5-19-8-9/h6,9H,3-5,7-8H2,1-2H3,(H,15,18)/t9-/m0/s1. The van der Waals surface area contributed by atoms with Gasteiger partial charge in [-0.3, -0.25) is 4.79 Å². The molecule has 0 radical (unpaired) electrons. The van der Waals surface area contributed by atoms with Gasteiger partial charge in [-0.1, -0.05) is 11.3 Å². The van der Waals surface area contributed by atoms with E-state index in [0.717, 1.165) is 45.6 Å². The van der Waals surface area contributed by atoms with Crippen LogP contribution in [0.2, 0.25) is 0 Å². The van der Waals surface area contributed by atoms with Crippen LogP contribution in [0.3, 0.4) is 0 Å². The fraction of sp³-hybridized carbons (Fsp3) is 0.571. The van der Waals surface area contributed by atoms with E-state index in [0.29, 0.717) is 12.5 Å². The lowest BCUT2D eigenvalue weighted by molar-refractivity contribution is 0.0536. The molecule has 0 bridgehead atoms. The van der Waals surface area contributed by atoms with Crippen molar-refractivity contribution >= 4 is 43.2 Å². The monoisotopic (exact) mass is 325 g/mol. The Morgan fingerprint density at radius 2 is 2.38 bits per heavy atom. The molecule has 21 heavy (non-hydrogen) atoms. The Kier molecular flexibility index (Phi) is 4.42. The third kappa shape index (κ3) is 3.36. The molecule has 1 saturated heterocycles. The van der Waals surface area contributed by atoms with Crippen molar-refractivity contribution in [2.45, 2.75) is 12.8 Å². The predicted octanol–water partition coefficient (Wildman–Crippen LogP) is 2.58. The van der Waals surface area contributed by atoms with Crippen LogP contribution in [0, 0.1) is 5.92 Å². The first-order chi connectivity index (χ1) is 10.1. The minimum atomic E-state index is 0.00202. The number of thiophene rings is 1. The van der Waals surface area contributed by atoms with E-state index in [-0.39, 0.29) is 5.91 Å². The first-order valence-corrected chi connectivity index (χ1v) is 8.70. The molecule has 1 aliphatic rings. The molecule has 0 spiro atoms. The number of carbonyl (C=O) groups is 1. The molecule has 114 valence electrons. The molecule has 3 rings (SSSR count). The van der Waals surface area contributed by atoms with Crippen LogP contribution in [-0.4, -0.2) is 44.7 Å². The lowest BCUT2D eigenvalue weighted by Gasteiger charge is -2.21. The molecule has 1 aliphatic heterocycles. The zero-order valence-corrected chi connectivity index (χ0v) is 13.9. The summed E-state index contributed by atoms with van der Waals surface area (Å²) in [5, 5.41) is 3.99. The van der Waals surface area contributed by atoms with E-state index in [1.807, 2.05) is 25.1 Å². The zero-order chi connectivity index (χ0) is 14.8. The van der Waals surface area contributed by atoms with E-state index < -0.39 is 0 Å². The summed E-state index contributed by atoms with van der Waals surface area (Å²) in [6.45, 7) is 2.31. The Morgan fingerprint density at radius 3 is 3.05 bits per heavy atom.